The fourth-order valence-electron chi connectivity index (χ4n) is 3.69. The molecule has 0 unspecified atom stereocenters. The number of fused-ring (bicyclic) bond motifs is 1. The molecule has 2 aromatic rings. The molecule has 7 heteroatoms. The molecule has 0 aliphatic carbocycles. The molecule has 0 spiro atoms. The van der Waals surface area contributed by atoms with Gasteiger partial charge < -0.3 is 24.2 Å². The molecule has 0 bridgehead atoms. The molecule has 27 heavy (non-hydrogen) atoms. The number of rotatable bonds is 4. The standard InChI is InChI=1S/C20H20FNO5/c21-15-3-1-13(2-4-15)17-7-8-22(20(23)24)10-14(17)11-25-16-5-6-18-19(9-16)27-12-26-18/h1-6,9,14,17H,7-8,10-12H2,(H,23,24)/t14-,17-/m0/s1. The average molecular weight is 373 g/mol. The number of halogens is 1. The van der Waals surface area contributed by atoms with Gasteiger partial charge in [-0.05, 0) is 42.2 Å². The van der Waals surface area contributed by atoms with Gasteiger partial charge in [-0.1, -0.05) is 12.1 Å². The molecule has 1 fully saturated rings. The third-order valence-corrected chi connectivity index (χ3v) is 5.11. The maximum atomic E-state index is 13.3. The summed E-state index contributed by atoms with van der Waals surface area (Å²) >= 11 is 0. The van der Waals surface area contributed by atoms with Crippen molar-refractivity contribution in [3.05, 3.63) is 53.8 Å². The first-order valence-electron chi connectivity index (χ1n) is 8.86. The molecule has 2 atom stereocenters. The van der Waals surface area contributed by atoms with Crippen molar-refractivity contribution in [2.75, 3.05) is 26.5 Å². The molecule has 0 saturated carbocycles. The Morgan fingerprint density at radius 3 is 2.74 bits per heavy atom. The smallest absolute Gasteiger partial charge is 0.407 e. The SMILES string of the molecule is O=C(O)N1CC[C@@H](c2ccc(F)cc2)[C@H](COc2ccc3c(c2)OCO3)C1. The molecule has 1 amide bonds. The summed E-state index contributed by atoms with van der Waals surface area (Å²) in [4.78, 5) is 12.8. The topological polar surface area (TPSA) is 68.2 Å². The number of ether oxygens (including phenoxy) is 3. The Hall–Kier alpha value is -2.96. The maximum absolute atomic E-state index is 13.3. The van der Waals surface area contributed by atoms with E-state index in [0.717, 1.165) is 5.56 Å². The highest BCUT2D eigenvalue weighted by Gasteiger charge is 2.33. The quantitative estimate of drug-likeness (QED) is 0.885. The molecule has 1 saturated heterocycles. The van der Waals surface area contributed by atoms with Gasteiger partial charge in [0.2, 0.25) is 6.79 Å². The van der Waals surface area contributed by atoms with Crippen molar-refractivity contribution in [2.45, 2.75) is 12.3 Å². The lowest BCUT2D eigenvalue weighted by Gasteiger charge is -2.37. The van der Waals surface area contributed by atoms with Crippen molar-refractivity contribution in [1.29, 1.82) is 0 Å². The Kier molecular flexibility index (Phi) is 4.75. The summed E-state index contributed by atoms with van der Waals surface area (Å²) in [5, 5.41) is 9.35. The number of hydrogen-bond acceptors (Lipinski definition) is 4. The van der Waals surface area contributed by atoms with E-state index in [9.17, 15) is 14.3 Å². The molecule has 2 heterocycles. The van der Waals surface area contributed by atoms with Crippen LogP contribution in [0.4, 0.5) is 9.18 Å². The van der Waals surface area contributed by atoms with Crippen LogP contribution in [-0.4, -0.2) is 42.6 Å². The summed E-state index contributed by atoms with van der Waals surface area (Å²) in [5.74, 6) is 1.75. The average Bonchev–Trinajstić information content (AvgIpc) is 3.14. The summed E-state index contributed by atoms with van der Waals surface area (Å²) < 4.78 is 29.9. The van der Waals surface area contributed by atoms with Gasteiger partial charge in [-0.15, -0.1) is 0 Å². The Morgan fingerprint density at radius 2 is 1.96 bits per heavy atom. The van der Waals surface area contributed by atoms with Crippen molar-refractivity contribution in [2.24, 2.45) is 5.92 Å². The van der Waals surface area contributed by atoms with E-state index in [0.29, 0.717) is 43.4 Å². The number of benzene rings is 2. The largest absolute Gasteiger partial charge is 0.493 e. The first-order valence-corrected chi connectivity index (χ1v) is 8.86. The predicted octanol–water partition coefficient (Wildman–Crippen LogP) is 3.72. The molecule has 1 N–H and O–H groups in total. The second kappa shape index (κ2) is 7.34. The van der Waals surface area contributed by atoms with Crippen LogP contribution in [0.2, 0.25) is 0 Å². The molecular weight excluding hydrogens is 353 g/mol. The minimum Gasteiger partial charge on any atom is -0.493 e. The normalized spacial score (nSPS) is 21.1. The fraction of sp³-hybridized carbons (Fsp3) is 0.350. The Bertz CT molecular complexity index is 826. The monoisotopic (exact) mass is 373 g/mol. The number of carbonyl (C=O) groups is 1. The third-order valence-electron chi connectivity index (χ3n) is 5.11. The Balaban J connectivity index is 1.49. The van der Waals surface area contributed by atoms with Crippen LogP contribution in [0.3, 0.4) is 0 Å². The number of amides is 1. The molecular formula is C20H20FNO5. The number of nitrogens with zero attached hydrogens (tertiary/aromatic N) is 1. The zero-order chi connectivity index (χ0) is 18.8. The second-order valence-corrected chi connectivity index (χ2v) is 6.76. The maximum Gasteiger partial charge on any atom is 0.407 e. The van der Waals surface area contributed by atoms with Crippen LogP contribution in [-0.2, 0) is 0 Å². The molecule has 142 valence electrons. The van der Waals surface area contributed by atoms with Gasteiger partial charge in [-0.2, -0.15) is 0 Å². The first kappa shape index (κ1) is 17.5. The van der Waals surface area contributed by atoms with Crippen molar-refractivity contribution in [1.82, 2.24) is 4.90 Å². The van der Waals surface area contributed by atoms with E-state index >= 15 is 0 Å². The number of hydrogen-bond donors (Lipinski definition) is 1. The van der Waals surface area contributed by atoms with E-state index in [1.807, 2.05) is 0 Å². The van der Waals surface area contributed by atoms with Gasteiger partial charge >= 0.3 is 6.09 Å². The van der Waals surface area contributed by atoms with Crippen LogP contribution in [0.5, 0.6) is 17.2 Å². The van der Waals surface area contributed by atoms with Gasteiger partial charge in [-0.25, -0.2) is 9.18 Å². The van der Waals surface area contributed by atoms with Gasteiger partial charge in [0.1, 0.15) is 11.6 Å². The van der Waals surface area contributed by atoms with Gasteiger partial charge in [0.15, 0.2) is 11.5 Å². The van der Waals surface area contributed by atoms with E-state index < -0.39 is 6.09 Å². The molecule has 6 nitrogen and oxygen atoms in total. The highest BCUT2D eigenvalue weighted by atomic mass is 19.1. The van der Waals surface area contributed by atoms with Gasteiger partial charge in [0, 0.05) is 25.1 Å². The zero-order valence-corrected chi connectivity index (χ0v) is 14.6. The van der Waals surface area contributed by atoms with Crippen molar-refractivity contribution in [3.8, 4) is 17.2 Å². The van der Waals surface area contributed by atoms with Crippen LogP contribution in [0, 0.1) is 11.7 Å². The first-order chi connectivity index (χ1) is 13.1. The van der Waals surface area contributed by atoms with Crippen LogP contribution in [0.25, 0.3) is 0 Å². The molecule has 2 aromatic carbocycles. The van der Waals surface area contributed by atoms with E-state index in [4.69, 9.17) is 14.2 Å². The molecule has 2 aliphatic heterocycles. The summed E-state index contributed by atoms with van der Waals surface area (Å²) in [7, 11) is 0. The minimum atomic E-state index is -0.930. The van der Waals surface area contributed by atoms with E-state index in [-0.39, 0.29) is 24.4 Å². The number of carboxylic acid groups (broad SMARTS) is 1. The summed E-state index contributed by atoms with van der Waals surface area (Å²) in [5.41, 5.74) is 1.00. The van der Waals surface area contributed by atoms with Crippen molar-refractivity contribution < 1.29 is 28.5 Å². The van der Waals surface area contributed by atoms with Crippen LogP contribution in [0.1, 0.15) is 17.9 Å². The van der Waals surface area contributed by atoms with E-state index in [2.05, 4.69) is 0 Å². The van der Waals surface area contributed by atoms with Gasteiger partial charge in [-0.3, -0.25) is 0 Å². The fourth-order valence-corrected chi connectivity index (χ4v) is 3.69. The molecule has 0 radical (unpaired) electrons. The van der Waals surface area contributed by atoms with Crippen LogP contribution in [0.15, 0.2) is 42.5 Å². The minimum absolute atomic E-state index is 0.0364. The van der Waals surface area contributed by atoms with Crippen LogP contribution < -0.4 is 14.2 Å². The Labute approximate surface area is 156 Å². The summed E-state index contributed by atoms with van der Waals surface area (Å²) in [6.45, 7) is 1.38. The molecule has 2 aliphatic rings. The lowest BCUT2D eigenvalue weighted by atomic mass is 9.81. The molecule has 0 aromatic heterocycles. The number of piperidine rings is 1. The highest BCUT2D eigenvalue weighted by molar-refractivity contribution is 5.65. The highest BCUT2D eigenvalue weighted by Crippen LogP contribution is 2.37. The van der Waals surface area contributed by atoms with E-state index in [1.54, 1.807) is 30.3 Å². The van der Waals surface area contributed by atoms with Crippen LogP contribution >= 0.6 is 0 Å². The third kappa shape index (κ3) is 3.77. The lowest BCUT2D eigenvalue weighted by molar-refractivity contribution is 0.0938. The molecule has 4 rings (SSSR count). The van der Waals surface area contributed by atoms with Gasteiger partial charge in [0.25, 0.3) is 0 Å². The summed E-state index contributed by atoms with van der Waals surface area (Å²) in [6.07, 6.45) is -0.256. The van der Waals surface area contributed by atoms with E-state index in [1.165, 1.54) is 17.0 Å². The summed E-state index contributed by atoms with van der Waals surface area (Å²) in [6, 6.07) is 11.8. The second-order valence-electron chi connectivity index (χ2n) is 6.76. The zero-order valence-electron chi connectivity index (χ0n) is 14.6. The van der Waals surface area contributed by atoms with Crippen molar-refractivity contribution in [3.63, 3.8) is 0 Å². The van der Waals surface area contributed by atoms with Gasteiger partial charge in [0.05, 0.1) is 6.61 Å². The predicted molar refractivity (Wildman–Crippen MR) is 94.9 cm³/mol. The van der Waals surface area contributed by atoms with Crippen molar-refractivity contribution >= 4 is 6.09 Å². The lowest BCUT2D eigenvalue weighted by Crippen LogP contribution is -2.44. The number of likely N-dealkylation sites (tertiary alicyclic amines) is 1. The Morgan fingerprint density at radius 1 is 1.19 bits per heavy atom.